The van der Waals surface area contributed by atoms with Crippen LogP contribution in [0.2, 0.25) is 0 Å². The Hall–Kier alpha value is -1.45. The first-order valence-electron chi connectivity index (χ1n) is 4.83. The Labute approximate surface area is 82.0 Å². The van der Waals surface area contributed by atoms with E-state index < -0.39 is 5.97 Å². The third-order valence-corrected chi connectivity index (χ3v) is 2.79. The molecule has 4 nitrogen and oxygen atoms in total. The molecule has 4 heteroatoms. The normalized spacial score (nSPS) is 17.1. The molecule has 14 heavy (non-hydrogen) atoms. The molecule has 0 radical (unpaired) electrons. The maximum absolute atomic E-state index is 10.9. The van der Waals surface area contributed by atoms with E-state index in [1.54, 1.807) is 6.20 Å². The highest BCUT2D eigenvalue weighted by Gasteiger charge is 2.22. The summed E-state index contributed by atoms with van der Waals surface area (Å²) in [6.07, 6.45) is 7.46. The molecule has 0 aliphatic heterocycles. The first-order valence-corrected chi connectivity index (χ1v) is 4.83. The topological polar surface area (TPSA) is 63.1 Å². The number of hydrogen-bond acceptors (Lipinski definition) is 3. The van der Waals surface area contributed by atoms with Crippen LogP contribution in [0.1, 0.15) is 47.5 Å². The van der Waals surface area contributed by atoms with E-state index in [1.807, 2.05) is 0 Å². The van der Waals surface area contributed by atoms with Gasteiger partial charge >= 0.3 is 5.97 Å². The number of carboxylic acids is 1. The van der Waals surface area contributed by atoms with Gasteiger partial charge in [0.1, 0.15) is 0 Å². The van der Waals surface area contributed by atoms with Gasteiger partial charge < -0.3 is 5.11 Å². The highest BCUT2D eigenvalue weighted by Crippen LogP contribution is 2.34. The van der Waals surface area contributed by atoms with Crippen molar-refractivity contribution in [3.05, 3.63) is 23.5 Å². The van der Waals surface area contributed by atoms with Gasteiger partial charge in [-0.15, -0.1) is 0 Å². The molecule has 1 aromatic heterocycles. The molecule has 1 heterocycles. The number of carboxylic acid groups (broad SMARTS) is 1. The zero-order valence-electron chi connectivity index (χ0n) is 7.81. The van der Waals surface area contributed by atoms with Crippen LogP contribution in [0.15, 0.2) is 12.4 Å². The van der Waals surface area contributed by atoms with Gasteiger partial charge in [0.2, 0.25) is 0 Å². The van der Waals surface area contributed by atoms with Crippen molar-refractivity contribution >= 4 is 5.97 Å². The summed E-state index contributed by atoms with van der Waals surface area (Å²) in [6, 6.07) is 0. The fraction of sp³-hybridized carbons (Fsp3) is 0.500. The molecule has 0 bridgehead atoms. The molecular weight excluding hydrogens is 180 g/mol. The van der Waals surface area contributed by atoms with Crippen LogP contribution >= 0.6 is 0 Å². The first kappa shape index (κ1) is 9.12. The Morgan fingerprint density at radius 2 is 1.93 bits per heavy atom. The van der Waals surface area contributed by atoms with Crippen LogP contribution in [-0.4, -0.2) is 21.3 Å². The molecule has 0 amide bonds. The number of rotatable bonds is 2. The van der Waals surface area contributed by atoms with E-state index in [9.17, 15) is 4.79 Å². The summed E-state index contributed by atoms with van der Waals surface area (Å²) in [5.41, 5.74) is 1.16. The lowest BCUT2D eigenvalue weighted by Gasteiger charge is -2.10. The van der Waals surface area contributed by atoms with E-state index in [4.69, 9.17) is 5.11 Å². The lowest BCUT2D eigenvalue weighted by atomic mass is 9.96. The fourth-order valence-electron chi connectivity index (χ4n) is 2.07. The van der Waals surface area contributed by atoms with Gasteiger partial charge in [-0.3, -0.25) is 0 Å². The molecule has 0 spiro atoms. The Balaban J connectivity index is 2.35. The lowest BCUT2D eigenvalue weighted by molar-refractivity contribution is 0.0694. The van der Waals surface area contributed by atoms with Crippen LogP contribution in [0.25, 0.3) is 0 Å². The smallest absolute Gasteiger partial charge is 0.337 e. The van der Waals surface area contributed by atoms with Crippen LogP contribution in [0.3, 0.4) is 0 Å². The second-order valence-electron chi connectivity index (χ2n) is 3.64. The summed E-state index contributed by atoms with van der Waals surface area (Å²) in [7, 11) is 0. The lowest BCUT2D eigenvalue weighted by Crippen LogP contribution is -2.07. The summed E-state index contributed by atoms with van der Waals surface area (Å²) in [6.45, 7) is 0. The molecule has 2 rings (SSSR count). The average Bonchev–Trinajstić information content (AvgIpc) is 2.70. The zero-order chi connectivity index (χ0) is 9.97. The fourth-order valence-corrected chi connectivity index (χ4v) is 2.07. The van der Waals surface area contributed by atoms with Crippen molar-refractivity contribution in [1.82, 2.24) is 10.2 Å². The molecule has 0 aromatic carbocycles. The van der Waals surface area contributed by atoms with Crippen LogP contribution < -0.4 is 0 Å². The summed E-state index contributed by atoms with van der Waals surface area (Å²) < 4.78 is 0. The standard InChI is InChI=1S/C10H12N2O2/c13-10(14)9-6-12-11-5-8(9)7-3-1-2-4-7/h5-7H,1-4H2,(H,13,14). The van der Waals surface area contributed by atoms with E-state index in [-0.39, 0.29) is 0 Å². The Morgan fingerprint density at radius 1 is 1.29 bits per heavy atom. The van der Waals surface area contributed by atoms with Gasteiger partial charge in [-0.1, -0.05) is 12.8 Å². The second kappa shape index (κ2) is 3.74. The maximum Gasteiger partial charge on any atom is 0.337 e. The molecule has 1 aliphatic carbocycles. The summed E-state index contributed by atoms with van der Waals surface area (Å²) in [5.74, 6) is -0.529. The van der Waals surface area contributed by atoms with Crippen LogP contribution in [0, 0.1) is 0 Å². The molecule has 1 N–H and O–H groups in total. The zero-order valence-corrected chi connectivity index (χ0v) is 7.81. The van der Waals surface area contributed by atoms with E-state index in [0.717, 1.165) is 18.4 Å². The average molecular weight is 192 g/mol. The quantitative estimate of drug-likeness (QED) is 0.776. The molecule has 1 aromatic rings. The van der Waals surface area contributed by atoms with E-state index in [1.165, 1.54) is 19.0 Å². The highest BCUT2D eigenvalue weighted by molar-refractivity contribution is 5.89. The minimum absolute atomic E-state index is 0.312. The van der Waals surface area contributed by atoms with Crippen molar-refractivity contribution in [2.75, 3.05) is 0 Å². The first-order chi connectivity index (χ1) is 6.79. The van der Waals surface area contributed by atoms with E-state index >= 15 is 0 Å². The van der Waals surface area contributed by atoms with Gasteiger partial charge in [0.05, 0.1) is 18.0 Å². The molecule has 0 unspecified atom stereocenters. The van der Waals surface area contributed by atoms with Gasteiger partial charge in [-0.05, 0) is 24.3 Å². The number of carbonyl (C=O) groups is 1. The van der Waals surface area contributed by atoms with Gasteiger partial charge in [0.25, 0.3) is 0 Å². The number of aromatic nitrogens is 2. The summed E-state index contributed by atoms with van der Waals surface area (Å²) >= 11 is 0. The Kier molecular flexibility index (Phi) is 2.43. The maximum atomic E-state index is 10.9. The highest BCUT2D eigenvalue weighted by atomic mass is 16.4. The predicted molar refractivity (Wildman–Crippen MR) is 50.2 cm³/mol. The molecule has 0 saturated heterocycles. The van der Waals surface area contributed by atoms with E-state index in [2.05, 4.69) is 10.2 Å². The van der Waals surface area contributed by atoms with Crippen molar-refractivity contribution in [3.8, 4) is 0 Å². The largest absolute Gasteiger partial charge is 0.478 e. The number of hydrogen-bond donors (Lipinski definition) is 1. The SMILES string of the molecule is O=C(O)c1cnncc1C1CCCC1. The van der Waals surface area contributed by atoms with Gasteiger partial charge in [0.15, 0.2) is 0 Å². The van der Waals surface area contributed by atoms with Gasteiger partial charge in [-0.25, -0.2) is 4.79 Å². The van der Waals surface area contributed by atoms with Crippen molar-refractivity contribution in [2.45, 2.75) is 31.6 Å². The third kappa shape index (κ3) is 1.60. The minimum Gasteiger partial charge on any atom is -0.478 e. The van der Waals surface area contributed by atoms with Crippen molar-refractivity contribution < 1.29 is 9.90 Å². The molecular formula is C10H12N2O2. The molecule has 0 atom stereocenters. The Bertz CT molecular complexity index is 346. The molecule has 74 valence electrons. The third-order valence-electron chi connectivity index (χ3n) is 2.79. The minimum atomic E-state index is -0.901. The predicted octanol–water partition coefficient (Wildman–Crippen LogP) is 1.83. The van der Waals surface area contributed by atoms with Crippen LogP contribution in [0.5, 0.6) is 0 Å². The van der Waals surface area contributed by atoms with Gasteiger partial charge in [-0.2, -0.15) is 10.2 Å². The Morgan fingerprint density at radius 3 is 2.57 bits per heavy atom. The second-order valence-corrected chi connectivity index (χ2v) is 3.64. The summed E-state index contributed by atoms with van der Waals surface area (Å²) in [4.78, 5) is 10.9. The van der Waals surface area contributed by atoms with Gasteiger partial charge in [0, 0.05) is 0 Å². The molecule has 1 aliphatic rings. The van der Waals surface area contributed by atoms with Crippen LogP contribution in [0.4, 0.5) is 0 Å². The summed E-state index contributed by atoms with van der Waals surface area (Å²) in [5, 5.41) is 16.3. The molecule has 1 saturated carbocycles. The van der Waals surface area contributed by atoms with Crippen LogP contribution in [-0.2, 0) is 0 Å². The van der Waals surface area contributed by atoms with E-state index in [0.29, 0.717) is 11.5 Å². The number of nitrogens with zero attached hydrogens (tertiary/aromatic N) is 2. The molecule has 1 fully saturated rings. The van der Waals surface area contributed by atoms with Crippen molar-refractivity contribution in [3.63, 3.8) is 0 Å². The monoisotopic (exact) mass is 192 g/mol. The van der Waals surface area contributed by atoms with Crippen molar-refractivity contribution in [2.24, 2.45) is 0 Å². The van der Waals surface area contributed by atoms with Crippen molar-refractivity contribution in [1.29, 1.82) is 0 Å². The number of aromatic carboxylic acids is 1.